The van der Waals surface area contributed by atoms with Crippen LogP contribution in [0.5, 0.6) is 0 Å². The summed E-state index contributed by atoms with van der Waals surface area (Å²) in [4.78, 5) is 0. The minimum atomic E-state index is -0.696. The van der Waals surface area contributed by atoms with Gasteiger partial charge in [-0.15, -0.1) is 9.24 Å². The number of halogens is 2. The Labute approximate surface area is 105 Å². The summed E-state index contributed by atoms with van der Waals surface area (Å²) < 4.78 is 27.5. The Morgan fingerprint density at radius 1 is 1.18 bits per heavy atom. The van der Waals surface area contributed by atoms with Gasteiger partial charge in [0, 0.05) is 5.30 Å². The molecule has 1 aliphatic rings. The molecule has 1 atom stereocenters. The third-order valence-corrected chi connectivity index (χ3v) is 4.82. The van der Waals surface area contributed by atoms with Crippen LogP contribution >= 0.6 is 9.24 Å². The van der Waals surface area contributed by atoms with Gasteiger partial charge < -0.3 is 0 Å². The first-order valence-corrected chi connectivity index (χ1v) is 6.70. The van der Waals surface area contributed by atoms with Crippen molar-refractivity contribution in [3.8, 4) is 0 Å². The van der Waals surface area contributed by atoms with Crippen LogP contribution in [0.4, 0.5) is 8.78 Å². The van der Waals surface area contributed by atoms with Crippen LogP contribution in [0.15, 0.2) is 0 Å². The highest BCUT2D eigenvalue weighted by molar-refractivity contribution is 7.27. The molecule has 1 aromatic carbocycles. The third kappa shape index (κ3) is 1.93. The van der Waals surface area contributed by atoms with E-state index in [0.717, 1.165) is 23.9 Å². The van der Waals surface area contributed by atoms with Gasteiger partial charge in [0.25, 0.3) is 0 Å². The van der Waals surface area contributed by atoms with Crippen molar-refractivity contribution in [2.45, 2.75) is 44.9 Å². The second-order valence-corrected chi connectivity index (χ2v) is 6.01. The fourth-order valence-corrected chi connectivity index (χ4v) is 3.82. The van der Waals surface area contributed by atoms with E-state index in [1.165, 1.54) is 12.8 Å². The zero-order valence-corrected chi connectivity index (χ0v) is 11.8. The maximum absolute atomic E-state index is 13.9. The molecule has 1 unspecified atom stereocenters. The third-order valence-electron chi connectivity index (χ3n) is 4.28. The van der Waals surface area contributed by atoms with Crippen LogP contribution in [0.1, 0.15) is 43.7 Å². The monoisotopic (exact) mass is 254 g/mol. The molecule has 0 aromatic heterocycles. The molecule has 4 heteroatoms. The molecule has 0 N–H and O–H groups in total. The van der Waals surface area contributed by atoms with E-state index in [0.29, 0.717) is 10.9 Å². The second kappa shape index (κ2) is 4.35. The molecule has 2 rings (SSSR count). The summed E-state index contributed by atoms with van der Waals surface area (Å²) in [6.45, 7) is 3.84. The smallest absolute Gasteiger partial charge is 0.166 e. The molecule has 1 fully saturated rings. The zero-order chi connectivity index (χ0) is 12.8. The summed E-state index contributed by atoms with van der Waals surface area (Å²) in [5.74, 6) is -1.39. The molecule has 0 aliphatic heterocycles. The molecule has 0 radical (unpaired) electrons. The van der Waals surface area contributed by atoms with Gasteiger partial charge in [-0.1, -0.05) is 25.2 Å². The Balaban J connectivity index is 2.69. The molecule has 0 nitrogen and oxygen atoms in total. The SMILES string of the molecule is Bc1c(C)c(F)c(F)c(P)c1C1(C)CCCC1. The summed E-state index contributed by atoms with van der Waals surface area (Å²) in [5.41, 5.74) is 2.40. The summed E-state index contributed by atoms with van der Waals surface area (Å²) in [6.07, 6.45) is 4.50. The number of hydrogen-bond donors (Lipinski definition) is 0. The van der Waals surface area contributed by atoms with Crippen LogP contribution in [-0.2, 0) is 5.41 Å². The Bertz CT molecular complexity index is 436. The van der Waals surface area contributed by atoms with E-state index in [9.17, 15) is 8.78 Å². The van der Waals surface area contributed by atoms with E-state index in [4.69, 9.17) is 0 Å². The highest BCUT2D eigenvalue weighted by Gasteiger charge is 2.35. The van der Waals surface area contributed by atoms with Crippen molar-refractivity contribution in [3.05, 3.63) is 22.8 Å². The largest absolute Gasteiger partial charge is 0.203 e. The highest BCUT2D eigenvalue weighted by Crippen LogP contribution is 2.40. The maximum atomic E-state index is 13.9. The Morgan fingerprint density at radius 2 is 1.71 bits per heavy atom. The lowest BCUT2D eigenvalue weighted by Crippen LogP contribution is -2.36. The van der Waals surface area contributed by atoms with Gasteiger partial charge in [-0.05, 0) is 36.3 Å². The average molecular weight is 254 g/mol. The van der Waals surface area contributed by atoms with E-state index in [-0.39, 0.29) is 5.41 Å². The summed E-state index contributed by atoms with van der Waals surface area (Å²) in [5, 5.41) is 0.426. The minimum Gasteiger partial charge on any atom is -0.203 e. The molecule has 0 heterocycles. The molecule has 92 valence electrons. The van der Waals surface area contributed by atoms with Crippen LogP contribution in [-0.4, -0.2) is 7.85 Å². The first-order valence-electron chi connectivity index (χ1n) is 6.12. The molecule has 1 saturated carbocycles. The van der Waals surface area contributed by atoms with Crippen molar-refractivity contribution in [2.75, 3.05) is 0 Å². The van der Waals surface area contributed by atoms with Crippen molar-refractivity contribution in [1.82, 2.24) is 0 Å². The van der Waals surface area contributed by atoms with E-state index < -0.39 is 11.6 Å². The molecule has 0 amide bonds. The van der Waals surface area contributed by atoms with Gasteiger partial charge in [0.15, 0.2) is 11.6 Å². The molecular weight excluding hydrogens is 236 g/mol. The normalized spacial score (nSPS) is 18.6. The summed E-state index contributed by atoms with van der Waals surface area (Å²) in [7, 11) is 4.30. The predicted molar refractivity (Wildman–Crippen MR) is 74.4 cm³/mol. The van der Waals surface area contributed by atoms with Crippen LogP contribution < -0.4 is 10.8 Å². The van der Waals surface area contributed by atoms with Gasteiger partial charge in [0.1, 0.15) is 7.85 Å². The first kappa shape index (κ1) is 13.0. The fraction of sp³-hybridized carbons (Fsp3) is 0.538. The van der Waals surface area contributed by atoms with Gasteiger partial charge in [-0.2, -0.15) is 0 Å². The zero-order valence-electron chi connectivity index (χ0n) is 10.7. The van der Waals surface area contributed by atoms with Crippen molar-refractivity contribution < 1.29 is 8.78 Å². The molecule has 17 heavy (non-hydrogen) atoms. The van der Waals surface area contributed by atoms with Gasteiger partial charge in [0.05, 0.1) is 0 Å². The van der Waals surface area contributed by atoms with E-state index in [1.807, 2.05) is 7.85 Å². The average Bonchev–Trinajstić information content (AvgIpc) is 2.71. The summed E-state index contributed by atoms with van der Waals surface area (Å²) in [6, 6.07) is 0. The van der Waals surface area contributed by atoms with Crippen molar-refractivity contribution >= 4 is 27.9 Å². The first-order chi connectivity index (χ1) is 7.88. The van der Waals surface area contributed by atoms with Crippen LogP contribution in [0.2, 0.25) is 0 Å². The van der Waals surface area contributed by atoms with E-state index >= 15 is 0 Å². The van der Waals surface area contributed by atoms with Crippen LogP contribution in [0.25, 0.3) is 0 Å². The van der Waals surface area contributed by atoms with Gasteiger partial charge in [0.2, 0.25) is 0 Å². The lowest BCUT2D eigenvalue weighted by atomic mass is 9.72. The number of hydrogen-bond acceptors (Lipinski definition) is 0. The summed E-state index contributed by atoms with van der Waals surface area (Å²) >= 11 is 0. The highest BCUT2D eigenvalue weighted by atomic mass is 31.0. The van der Waals surface area contributed by atoms with Crippen LogP contribution in [0.3, 0.4) is 0 Å². The Kier molecular flexibility index (Phi) is 3.33. The molecule has 1 aromatic rings. The van der Waals surface area contributed by atoms with Crippen molar-refractivity contribution in [3.63, 3.8) is 0 Å². The molecule has 1 aliphatic carbocycles. The fourth-order valence-electron chi connectivity index (χ4n) is 3.13. The predicted octanol–water partition coefficient (Wildman–Crippen LogP) is 1.86. The van der Waals surface area contributed by atoms with E-state index in [1.54, 1.807) is 6.92 Å². The molecule has 0 bridgehead atoms. The minimum absolute atomic E-state index is 0.0144. The lowest BCUT2D eigenvalue weighted by molar-refractivity contribution is 0.479. The van der Waals surface area contributed by atoms with Gasteiger partial charge >= 0.3 is 0 Å². The standard InChI is InChI=1S/C13H18BF2P/c1-7-9(14)8(12(17)11(16)10(7)15)13(2)5-3-4-6-13/h3-6,14,17H2,1-2H3. The number of rotatable bonds is 1. The lowest BCUT2D eigenvalue weighted by Gasteiger charge is -2.30. The molecule has 0 spiro atoms. The molecule has 0 saturated heterocycles. The van der Waals surface area contributed by atoms with Crippen LogP contribution in [0, 0.1) is 18.6 Å². The van der Waals surface area contributed by atoms with Gasteiger partial charge in [-0.25, -0.2) is 8.78 Å². The number of benzene rings is 1. The Hall–Kier alpha value is -0.425. The van der Waals surface area contributed by atoms with E-state index in [2.05, 4.69) is 16.2 Å². The topological polar surface area (TPSA) is 0 Å². The van der Waals surface area contributed by atoms with Crippen molar-refractivity contribution in [1.29, 1.82) is 0 Å². The Morgan fingerprint density at radius 3 is 2.24 bits per heavy atom. The van der Waals surface area contributed by atoms with Gasteiger partial charge in [-0.3, -0.25) is 0 Å². The molecular formula is C13H18BF2P. The maximum Gasteiger partial charge on any atom is 0.166 e. The quantitative estimate of drug-likeness (QED) is 0.530. The van der Waals surface area contributed by atoms with Crippen molar-refractivity contribution in [2.24, 2.45) is 0 Å². The second-order valence-electron chi connectivity index (χ2n) is 5.43.